The van der Waals surface area contributed by atoms with Crippen LogP contribution in [0.2, 0.25) is 0 Å². The predicted molar refractivity (Wildman–Crippen MR) is 80.7 cm³/mol. The number of piperazine rings is 1. The summed E-state index contributed by atoms with van der Waals surface area (Å²) in [6.07, 6.45) is 0. The van der Waals surface area contributed by atoms with E-state index >= 15 is 0 Å². The number of hydrogen-bond acceptors (Lipinski definition) is 3. The highest BCUT2D eigenvalue weighted by Crippen LogP contribution is 2.20. The van der Waals surface area contributed by atoms with Gasteiger partial charge < -0.3 is 0 Å². The van der Waals surface area contributed by atoms with Gasteiger partial charge >= 0.3 is 0 Å². The van der Waals surface area contributed by atoms with Gasteiger partial charge in [-0.3, -0.25) is 9.80 Å². The van der Waals surface area contributed by atoms with E-state index < -0.39 is 0 Å². The molecular formula is C15H20BrN3. The second-order valence-electron chi connectivity index (χ2n) is 5.53. The largest absolute Gasteiger partial charge is 0.296 e. The molecule has 102 valence electrons. The zero-order valence-electron chi connectivity index (χ0n) is 11.6. The Kier molecular flexibility index (Phi) is 4.62. The zero-order valence-corrected chi connectivity index (χ0v) is 13.2. The van der Waals surface area contributed by atoms with E-state index in [0.29, 0.717) is 0 Å². The third kappa shape index (κ3) is 3.56. The quantitative estimate of drug-likeness (QED) is 0.857. The van der Waals surface area contributed by atoms with Crippen molar-refractivity contribution in [3.8, 4) is 6.07 Å². The van der Waals surface area contributed by atoms with Crippen molar-refractivity contribution in [2.75, 3.05) is 26.2 Å². The summed E-state index contributed by atoms with van der Waals surface area (Å²) in [6.45, 7) is 8.93. The van der Waals surface area contributed by atoms with Gasteiger partial charge in [0.1, 0.15) is 5.54 Å². The van der Waals surface area contributed by atoms with Gasteiger partial charge in [0, 0.05) is 37.2 Å². The summed E-state index contributed by atoms with van der Waals surface area (Å²) in [5.74, 6) is 0. The molecule has 1 heterocycles. The van der Waals surface area contributed by atoms with Gasteiger partial charge in [-0.05, 0) is 25.5 Å². The SMILES string of the molecule is CC(C)(C#N)N1CCN(Cc2ccccc2Br)CC1. The smallest absolute Gasteiger partial charge is 0.103 e. The van der Waals surface area contributed by atoms with Gasteiger partial charge in [-0.2, -0.15) is 5.26 Å². The molecule has 1 aromatic carbocycles. The van der Waals surface area contributed by atoms with E-state index in [2.05, 4.69) is 50.0 Å². The summed E-state index contributed by atoms with van der Waals surface area (Å²) >= 11 is 3.60. The van der Waals surface area contributed by atoms with Crippen molar-refractivity contribution < 1.29 is 0 Å². The number of halogens is 1. The Balaban J connectivity index is 1.91. The van der Waals surface area contributed by atoms with Gasteiger partial charge in [-0.15, -0.1) is 0 Å². The van der Waals surface area contributed by atoms with Crippen molar-refractivity contribution in [1.82, 2.24) is 9.80 Å². The molecule has 3 nitrogen and oxygen atoms in total. The lowest BCUT2D eigenvalue weighted by atomic mass is 10.0. The maximum Gasteiger partial charge on any atom is 0.103 e. The van der Waals surface area contributed by atoms with Gasteiger partial charge in [0.2, 0.25) is 0 Å². The normalized spacial score (nSPS) is 18.2. The van der Waals surface area contributed by atoms with E-state index in [-0.39, 0.29) is 5.54 Å². The number of hydrogen-bond donors (Lipinski definition) is 0. The average molecular weight is 322 g/mol. The van der Waals surface area contributed by atoms with Gasteiger partial charge in [-0.1, -0.05) is 34.1 Å². The molecule has 0 spiro atoms. The first-order valence-electron chi connectivity index (χ1n) is 6.65. The maximum absolute atomic E-state index is 9.17. The monoisotopic (exact) mass is 321 g/mol. The van der Waals surface area contributed by atoms with E-state index in [9.17, 15) is 5.26 Å². The molecule has 0 radical (unpaired) electrons. The summed E-state index contributed by atoms with van der Waals surface area (Å²) < 4.78 is 1.18. The summed E-state index contributed by atoms with van der Waals surface area (Å²) in [6, 6.07) is 10.8. The highest BCUT2D eigenvalue weighted by Gasteiger charge is 2.29. The van der Waals surface area contributed by atoms with Crippen LogP contribution in [0.4, 0.5) is 0 Å². The third-order valence-corrected chi connectivity index (χ3v) is 4.56. The molecular weight excluding hydrogens is 302 g/mol. The van der Waals surface area contributed by atoms with E-state index in [1.807, 2.05) is 19.9 Å². The van der Waals surface area contributed by atoms with Crippen LogP contribution < -0.4 is 0 Å². The average Bonchev–Trinajstić information content (AvgIpc) is 2.42. The molecule has 0 unspecified atom stereocenters. The second-order valence-corrected chi connectivity index (χ2v) is 6.38. The topological polar surface area (TPSA) is 30.3 Å². The van der Waals surface area contributed by atoms with Gasteiger partial charge in [-0.25, -0.2) is 0 Å². The first kappa shape index (κ1) is 14.5. The van der Waals surface area contributed by atoms with Crippen LogP contribution in [0.1, 0.15) is 19.4 Å². The zero-order chi connectivity index (χ0) is 13.9. The maximum atomic E-state index is 9.17. The predicted octanol–water partition coefficient (Wildman–Crippen LogP) is 2.87. The molecule has 1 aromatic rings. The lowest BCUT2D eigenvalue weighted by Gasteiger charge is -2.40. The van der Waals surface area contributed by atoms with Crippen LogP contribution in [0.3, 0.4) is 0 Å². The Hall–Kier alpha value is -0.890. The van der Waals surface area contributed by atoms with Crippen LogP contribution in [0, 0.1) is 11.3 Å². The lowest BCUT2D eigenvalue weighted by molar-refractivity contribution is 0.0763. The Morgan fingerprint density at radius 3 is 2.42 bits per heavy atom. The van der Waals surface area contributed by atoms with E-state index in [1.54, 1.807) is 0 Å². The number of nitrogens with zero attached hydrogens (tertiary/aromatic N) is 3. The Morgan fingerprint density at radius 1 is 1.21 bits per heavy atom. The van der Waals surface area contributed by atoms with E-state index in [0.717, 1.165) is 32.7 Å². The molecule has 4 heteroatoms. The molecule has 2 rings (SSSR count). The van der Waals surface area contributed by atoms with Crippen molar-refractivity contribution >= 4 is 15.9 Å². The first-order valence-corrected chi connectivity index (χ1v) is 7.44. The molecule has 1 saturated heterocycles. The summed E-state index contributed by atoms with van der Waals surface area (Å²) in [7, 11) is 0. The van der Waals surface area contributed by atoms with Crippen LogP contribution in [0.5, 0.6) is 0 Å². The Bertz CT molecular complexity index is 471. The molecule has 0 amide bonds. The minimum atomic E-state index is -0.348. The van der Waals surface area contributed by atoms with Crippen molar-refractivity contribution in [3.05, 3.63) is 34.3 Å². The van der Waals surface area contributed by atoms with E-state index in [1.165, 1.54) is 10.0 Å². The van der Waals surface area contributed by atoms with Crippen molar-refractivity contribution in [1.29, 1.82) is 5.26 Å². The summed E-state index contributed by atoms with van der Waals surface area (Å²) in [5, 5.41) is 9.17. The molecule has 19 heavy (non-hydrogen) atoms. The molecule has 0 saturated carbocycles. The molecule has 1 fully saturated rings. The van der Waals surface area contributed by atoms with Gasteiger partial charge in [0.15, 0.2) is 0 Å². The Morgan fingerprint density at radius 2 is 1.84 bits per heavy atom. The van der Waals surface area contributed by atoms with Crippen LogP contribution in [-0.2, 0) is 6.54 Å². The molecule has 0 bridgehead atoms. The fourth-order valence-corrected chi connectivity index (χ4v) is 2.81. The Labute approximate surface area is 123 Å². The fraction of sp³-hybridized carbons (Fsp3) is 0.533. The third-order valence-electron chi connectivity index (χ3n) is 3.79. The number of benzene rings is 1. The van der Waals surface area contributed by atoms with Crippen LogP contribution in [0.25, 0.3) is 0 Å². The lowest BCUT2D eigenvalue weighted by Crippen LogP contribution is -2.53. The van der Waals surface area contributed by atoms with Crippen LogP contribution in [0.15, 0.2) is 28.7 Å². The molecule has 1 aliphatic rings. The highest BCUT2D eigenvalue weighted by molar-refractivity contribution is 9.10. The fourth-order valence-electron chi connectivity index (χ4n) is 2.40. The number of nitriles is 1. The molecule has 0 aromatic heterocycles. The summed E-state index contributed by atoms with van der Waals surface area (Å²) in [5.41, 5.74) is 0.981. The first-order chi connectivity index (χ1) is 9.03. The molecule has 1 aliphatic heterocycles. The van der Waals surface area contributed by atoms with Crippen molar-refractivity contribution in [2.45, 2.75) is 25.9 Å². The van der Waals surface area contributed by atoms with Gasteiger partial charge in [0.05, 0.1) is 6.07 Å². The van der Waals surface area contributed by atoms with Crippen LogP contribution in [-0.4, -0.2) is 41.5 Å². The summed E-state index contributed by atoms with van der Waals surface area (Å²) in [4.78, 5) is 4.72. The standard InChI is InChI=1S/C15H20BrN3/c1-15(2,12-17)19-9-7-18(8-10-19)11-13-5-3-4-6-14(13)16/h3-6H,7-11H2,1-2H3. The highest BCUT2D eigenvalue weighted by atomic mass is 79.9. The minimum Gasteiger partial charge on any atom is -0.296 e. The molecule has 0 aliphatic carbocycles. The van der Waals surface area contributed by atoms with Crippen molar-refractivity contribution in [3.63, 3.8) is 0 Å². The minimum absolute atomic E-state index is 0.348. The molecule has 0 N–H and O–H groups in total. The molecule has 0 atom stereocenters. The van der Waals surface area contributed by atoms with Crippen LogP contribution >= 0.6 is 15.9 Å². The second kappa shape index (κ2) is 6.04. The van der Waals surface area contributed by atoms with E-state index in [4.69, 9.17) is 0 Å². The van der Waals surface area contributed by atoms with Crippen molar-refractivity contribution in [2.24, 2.45) is 0 Å². The number of rotatable bonds is 3. The van der Waals surface area contributed by atoms with Gasteiger partial charge in [0.25, 0.3) is 0 Å².